The Balaban J connectivity index is 1.98. The molecule has 0 atom stereocenters. The van der Waals surface area contributed by atoms with Gasteiger partial charge in [-0.05, 0) is 18.2 Å². The number of aryl methyl sites for hydroxylation is 1. The van der Waals surface area contributed by atoms with Gasteiger partial charge >= 0.3 is 0 Å². The molecule has 0 bridgehead atoms. The van der Waals surface area contributed by atoms with Gasteiger partial charge in [-0.3, -0.25) is 0 Å². The fourth-order valence-electron chi connectivity index (χ4n) is 2.18. The molecule has 2 heterocycles. The van der Waals surface area contributed by atoms with Crippen LogP contribution in [0.5, 0.6) is 5.75 Å². The van der Waals surface area contributed by atoms with Crippen molar-refractivity contribution in [2.75, 3.05) is 7.11 Å². The van der Waals surface area contributed by atoms with Crippen LogP contribution in [0.25, 0.3) is 5.69 Å². The number of methoxy groups -OCH3 is 1. The summed E-state index contributed by atoms with van der Waals surface area (Å²) in [7, 11) is 1.61. The van der Waals surface area contributed by atoms with Crippen molar-refractivity contribution < 1.29 is 9.15 Å². The first-order valence-electron chi connectivity index (χ1n) is 7.70. The van der Waals surface area contributed by atoms with Crippen LogP contribution in [0.3, 0.4) is 0 Å². The zero-order chi connectivity index (χ0) is 18.0. The molecule has 0 saturated heterocycles. The Hall–Kier alpha value is -2.06. The van der Waals surface area contributed by atoms with E-state index in [9.17, 15) is 0 Å². The number of ether oxygens (including phenoxy) is 1. The average Bonchev–Trinajstić information content (AvgIpc) is 3.19. The van der Waals surface area contributed by atoms with Crippen LogP contribution in [-0.2, 0) is 5.75 Å². The quantitative estimate of drug-likeness (QED) is 0.598. The van der Waals surface area contributed by atoms with Crippen molar-refractivity contribution in [3.63, 3.8) is 0 Å². The van der Waals surface area contributed by atoms with E-state index in [-0.39, 0.29) is 5.92 Å². The van der Waals surface area contributed by atoms with Gasteiger partial charge in [-0.15, -0.1) is 10.2 Å². The molecule has 1 aromatic carbocycles. The summed E-state index contributed by atoms with van der Waals surface area (Å²) >= 11 is 7.57. The number of hydrogen-bond donors (Lipinski definition) is 0. The summed E-state index contributed by atoms with van der Waals surface area (Å²) in [5, 5.41) is 13.6. The van der Waals surface area contributed by atoms with Gasteiger partial charge in [0, 0.05) is 17.9 Å². The molecule has 0 fully saturated rings. The van der Waals surface area contributed by atoms with Crippen molar-refractivity contribution >= 4 is 23.4 Å². The molecule has 25 heavy (non-hydrogen) atoms. The van der Waals surface area contributed by atoms with Gasteiger partial charge in [-0.1, -0.05) is 37.2 Å². The predicted octanol–water partition coefficient (Wildman–Crippen LogP) is 4.04. The van der Waals surface area contributed by atoms with Gasteiger partial charge in [-0.25, -0.2) is 9.67 Å². The van der Waals surface area contributed by atoms with E-state index in [0.717, 1.165) is 17.3 Å². The van der Waals surface area contributed by atoms with E-state index in [1.165, 1.54) is 11.8 Å². The highest BCUT2D eigenvalue weighted by molar-refractivity contribution is 7.98. The van der Waals surface area contributed by atoms with E-state index in [2.05, 4.69) is 20.3 Å². The summed E-state index contributed by atoms with van der Waals surface area (Å²) < 4.78 is 12.6. The van der Waals surface area contributed by atoms with E-state index in [1.807, 2.05) is 26.0 Å². The lowest BCUT2D eigenvalue weighted by Crippen LogP contribution is -2.04. The van der Waals surface area contributed by atoms with E-state index < -0.39 is 0 Å². The van der Waals surface area contributed by atoms with E-state index in [4.69, 9.17) is 20.8 Å². The van der Waals surface area contributed by atoms with Crippen molar-refractivity contribution in [1.82, 2.24) is 25.0 Å². The predicted molar refractivity (Wildman–Crippen MR) is 95.6 cm³/mol. The lowest BCUT2D eigenvalue weighted by atomic mass is 10.2. The summed E-state index contributed by atoms with van der Waals surface area (Å²) in [5.41, 5.74) is 0.742. The van der Waals surface area contributed by atoms with Crippen LogP contribution in [0.2, 0.25) is 5.02 Å². The summed E-state index contributed by atoms with van der Waals surface area (Å²) in [6.07, 6.45) is 0. The number of hydrogen-bond acceptors (Lipinski definition) is 7. The Kier molecular flexibility index (Phi) is 5.29. The minimum atomic E-state index is 0.195. The summed E-state index contributed by atoms with van der Waals surface area (Å²) in [6, 6.07) is 5.40. The van der Waals surface area contributed by atoms with Gasteiger partial charge in [0.05, 0.1) is 12.9 Å². The molecule has 7 nitrogen and oxygen atoms in total. The van der Waals surface area contributed by atoms with Crippen molar-refractivity contribution in [3.05, 3.63) is 40.8 Å². The van der Waals surface area contributed by atoms with E-state index in [1.54, 1.807) is 24.8 Å². The maximum absolute atomic E-state index is 6.17. The largest absolute Gasteiger partial charge is 0.494 e. The molecule has 0 aliphatic carbocycles. The smallest absolute Gasteiger partial charge is 0.277 e. The van der Waals surface area contributed by atoms with Crippen LogP contribution in [0, 0.1) is 6.92 Å². The van der Waals surface area contributed by atoms with Gasteiger partial charge in [0.15, 0.2) is 5.82 Å². The second-order valence-electron chi connectivity index (χ2n) is 5.64. The maximum Gasteiger partial charge on any atom is 0.277 e. The second kappa shape index (κ2) is 7.45. The standard InChI is InChI=1S/C16H18ClN5O2S/c1-9(2)15-18-14(8-25-16-20-19-10(3)24-16)22(21-15)12-7-11(17)5-6-13(12)23-4/h5-7,9H,8H2,1-4H3. The van der Waals surface area contributed by atoms with Gasteiger partial charge in [0.1, 0.15) is 17.3 Å². The van der Waals surface area contributed by atoms with Crippen LogP contribution in [-0.4, -0.2) is 32.1 Å². The Morgan fingerprint density at radius 2 is 2.12 bits per heavy atom. The molecule has 0 amide bonds. The molecule has 9 heteroatoms. The van der Waals surface area contributed by atoms with Crippen LogP contribution >= 0.6 is 23.4 Å². The van der Waals surface area contributed by atoms with Crippen molar-refractivity contribution in [3.8, 4) is 11.4 Å². The minimum Gasteiger partial charge on any atom is -0.494 e. The van der Waals surface area contributed by atoms with E-state index >= 15 is 0 Å². The topological polar surface area (TPSA) is 78.9 Å². The zero-order valence-corrected chi connectivity index (χ0v) is 15.9. The first kappa shape index (κ1) is 17.8. The van der Waals surface area contributed by atoms with Crippen molar-refractivity contribution in [1.29, 1.82) is 0 Å². The van der Waals surface area contributed by atoms with Gasteiger partial charge in [-0.2, -0.15) is 5.10 Å². The first-order chi connectivity index (χ1) is 12.0. The monoisotopic (exact) mass is 379 g/mol. The molecular weight excluding hydrogens is 362 g/mol. The SMILES string of the molecule is COc1ccc(Cl)cc1-n1nc(C(C)C)nc1CSc1nnc(C)o1. The Bertz CT molecular complexity index is 877. The molecule has 0 aliphatic rings. The lowest BCUT2D eigenvalue weighted by molar-refractivity contribution is 0.411. The molecule has 0 aliphatic heterocycles. The number of aromatic nitrogens is 5. The third-order valence-electron chi connectivity index (χ3n) is 3.41. The zero-order valence-electron chi connectivity index (χ0n) is 14.4. The summed E-state index contributed by atoms with van der Waals surface area (Å²) in [4.78, 5) is 4.66. The third-order valence-corrected chi connectivity index (χ3v) is 4.46. The van der Waals surface area contributed by atoms with E-state index in [0.29, 0.717) is 27.6 Å². The number of thioether (sulfide) groups is 1. The average molecular weight is 380 g/mol. The molecule has 0 saturated carbocycles. The normalized spacial score (nSPS) is 11.3. The lowest BCUT2D eigenvalue weighted by Gasteiger charge is -2.10. The second-order valence-corrected chi connectivity index (χ2v) is 7.01. The van der Waals surface area contributed by atoms with Crippen LogP contribution in [0.1, 0.15) is 37.3 Å². The van der Waals surface area contributed by atoms with Crippen LogP contribution < -0.4 is 4.74 Å². The Labute approximate surface area is 154 Å². The molecular formula is C16H18ClN5O2S. The first-order valence-corrected chi connectivity index (χ1v) is 9.07. The highest BCUT2D eigenvalue weighted by atomic mass is 35.5. The highest BCUT2D eigenvalue weighted by Gasteiger charge is 2.18. The molecule has 0 N–H and O–H groups in total. The number of benzene rings is 1. The van der Waals surface area contributed by atoms with Gasteiger partial charge in [0.2, 0.25) is 5.89 Å². The van der Waals surface area contributed by atoms with Crippen molar-refractivity contribution in [2.45, 2.75) is 37.7 Å². The number of rotatable bonds is 6. The molecule has 0 radical (unpaired) electrons. The number of halogens is 1. The fourth-order valence-corrected chi connectivity index (χ4v) is 3.07. The van der Waals surface area contributed by atoms with Crippen LogP contribution in [0.4, 0.5) is 0 Å². The summed E-state index contributed by atoms with van der Waals surface area (Å²) in [6.45, 7) is 5.85. The number of nitrogens with zero attached hydrogens (tertiary/aromatic N) is 5. The Morgan fingerprint density at radius 1 is 1.32 bits per heavy atom. The molecule has 132 valence electrons. The van der Waals surface area contributed by atoms with Crippen LogP contribution in [0.15, 0.2) is 27.8 Å². The summed E-state index contributed by atoms with van der Waals surface area (Å²) in [5.74, 6) is 3.43. The third kappa shape index (κ3) is 3.96. The Morgan fingerprint density at radius 3 is 2.76 bits per heavy atom. The highest BCUT2D eigenvalue weighted by Crippen LogP contribution is 2.29. The molecule has 0 spiro atoms. The molecule has 3 aromatic rings. The van der Waals surface area contributed by atoms with Gasteiger partial charge in [0.25, 0.3) is 5.22 Å². The van der Waals surface area contributed by atoms with Gasteiger partial charge < -0.3 is 9.15 Å². The minimum absolute atomic E-state index is 0.195. The molecule has 0 unspecified atom stereocenters. The molecule has 3 rings (SSSR count). The van der Waals surface area contributed by atoms with Crippen molar-refractivity contribution in [2.24, 2.45) is 0 Å². The maximum atomic E-state index is 6.17. The molecule has 2 aromatic heterocycles. The fraction of sp³-hybridized carbons (Fsp3) is 0.375.